The van der Waals surface area contributed by atoms with Crippen LogP contribution in [0.1, 0.15) is 38.1 Å². The van der Waals surface area contributed by atoms with Gasteiger partial charge in [-0.3, -0.25) is 4.68 Å². The van der Waals surface area contributed by atoms with Crippen molar-refractivity contribution in [2.75, 3.05) is 19.6 Å². The molecular formula is C14H24N4O2. The molecule has 20 heavy (non-hydrogen) atoms. The summed E-state index contributed by atoms with van der Waals surface area (Å²) in [5.41, 5.74) is 1.68. The SMILES string of the molecule is Cc1nn(C)cc1C1CN(C(=O)OC(C)(C)C)CCN1. The molecule has 2 heterocycles. The second-order valence-electron chi connectivity index (χ2n) is 6.28. The Kier molecular flexibility index (Phi) is 4.04. The minimum atomic E-state index is -0.457. The normalized spacial score (nSPS) is 20.1. The van der Waals surface area contributed by atoms with Crippen LogP contribution >= 0.6 is 0 Å². The predicted molar refractivity (Wildman–Crippen MR) is 76.5 cm³/mol. The second-order valence-corrected chi connectivity index (χ2v) is 6.28. The van der Waals surface area contributed by atoms with Crippen molar-refractivity contribution < 1.29 is 9.53 Å². The minimum Gasteiger partial charge on any atom is -0.444 e. The van der Waals surface area contributed by atoms with E-state index in [2.05, 4.69) is 10.4 Å². The topological polar surface area (TPSA) is 59.4 Å². The van der Waals surface area contributed by atoms with Crippen LogP contribution in [0.15, 0.2) is 6.20 Å². The van der Waals surface area contributed by atoms with Crippen LogP contribution in [0.25, 0.3) is 0 Å². The molecule has 0 spiro atoms. The lowest BCUT2D eigenvalue weighted by atomic mass is 10.1. The van der Waals surface area contributed by atoms with Gasteiger partial charge < -0.3 is 15.0 Å². The first-order chi connectivity index (χ1) is 9.26. The summed E-state index contributed by atoms with van der Waals surface area (Å²) in [6, 6.07) is 0.116. The summed E-state index contributed by atoms with van der Waals surface area (Å²) in [7, 11) is 1.91. The molecule has 6 heteroatoms. The summed E-state index contributed by atoms with van der Waals surface area (Å²) in [6.07, 6.45) is 1.76. The second kappa shape index (κ2) is 5.44. The number of carbonyl (C=O) groups excluding carboxylic acids is 1. The Morgan fingerprint density at radius 1 is 1.50 bits per heavy atom. The average molecular weight is 280 g/mol. The van der Waals surface area contributed by atoms with Gasteiger partial charge in [0.15, 0.2) is 0 Å². The van der Waals surface area contributed by atoms with Gasteiger partial charge in [0.1, 0.15) is 5.60 Å². The molecule has 0 saturated carbocycles. The van der Waals surface area contributed by atoms with Crippen LogP contribution in [-0.4, -0.2) is 46.0 Å². The summed E-state index contributed by atoms with van der Waals surface area (Å²) in [4.78, 5) is 13.9. The monoisotopic (exact) mass is 280 g/mol. The van der Waals surface area contributed by atoms with Crippen molar-refractivity contribution >= 4 is 6.09 Å². The Morgan fingerprint density at radius 3 is 2.75 bits per heavy atom. The zero-order chi connectivity index (χ0) is 14.9. The van der Waals surface area contributed by atoms with Crippen LogP contribution < -0.4 is 5.32 Å². The Hall–Kier alpha value is -1.56. The van der Waals surface area contributed by atoms with Crippen molar-refractivity contribution in [3.8, 4) is 0 Å². The molecular weight excluding hydrogens is 256 g/mol. The minimum absolute atomic E-state index is 0.116. The largest absolute Gasteiger partial charge is 0.444 e. The number of hydrogen-bond acceptors (Lipinski definition) is 4. The average Bonchev–Trinajstić information content (AvgIpc) is 2.66. The van der Waals surface area contributed by atoms with Crippen LogP contribution in [0.2, 0.25) is 0 Å². The van der Waals surface area contributed by atoms with E-state index < -0.39 is 5.60 Å². The van der Waals surface area contributed by atoms with Gasteiger partial charge in [0.25, 0.3) is 0 Å². The van der Waals surface area contributed by atoms with Crippen LogP contribution in [0.4, 0.5) is 4.79 Å². The van der Waals surface area contributed by atoms with Gasteiger partial charge in [0.05, 0.1) is 11.7 Å². The number of piperazine rings is 1. The molecule has 1 aromatic heterocycles. The summed E-state index contributed by atoms with van der Waals surface area (Å²) in [6.45, 7) is 9.69. The summed E-state index contributed by atoms with van der Waals surface area (Å²) in [5.74, 6) is 0. The van der Waals surface area contributed by atoms with Crippen molar-refractivity contribution in [1.82, 2.24) is 20.0 Å². The van der Waals surface area contributed by atoms with Crippen LogP contribution in [0.5, 0.6) is 0 Å². The highest BCUT2D eigenvalue weighted by Gasteiger charge is 2.29. The molecule has 0 aromatic carbocycles. The van der Waals surface area contributed by atoms with Gasteiger partial charge in [-0.25, -0.2) is 4.79 Å². The maximum Gasteiger partial charge on any atom is 0.410 e. The Morgan fingerprint density at radius 2 is 2.20 bits per heavy atom. The molecule has 1 atom stereocenters. The highest BCUT2D eigenvalue weighted by molar-refractivity contribution is 5.68. The molecule has 1 aromatic rings. The van der Waals surface area contributed by atoms with Gasteiger partial charge in [-0.15, -0.1) is 0 Å². The van der Waals surface area contributed by atoms with E-state index in [9.17, 15) is 4.79 Å². The first-order valence-corrected chi connectivity index (χ1v) is 6.98. The number of aromatic nitrogens is 2. The van der Waals surface area contributed by atoms with Crippen molar-refractivity contribution in [2.24, 2.45) is 7.05 Å². The molecule has 1 aliphatic rings. The van der Waals surface area contributed by atoms with Crippen LogP contribution in [-0.2, 0) is 11.8 Å². The molecule has 1 unspecified atom stereocenters. The fourth-order valence-corrected chi connectivity index (χ4v) is 2.41. The van der Waals surface area contributed by atoms with Gasteiger partial charge in [0.2, 0.25) is 0 Å². The fourth-order valence-electron chi connectivity index (χ4n) is 2.41. The maximum atomic E-state index is 12.1. The summed E-state index contributed by atoms with van der Waals surface area (Å²) in [5, 5.41) is 7.79. The number of aryl methyl sites for hydroxylation is 2. The smallest absolute Gasteiger partial charge is 0.410 e. The van der Waals surface area contributed by atoms with E-state index in [1.54, 1.807) is 9.58 Å². The quantitative estimate of drug-likeness (QED) is 0.849. The lowest BCUT2D eigenvalue weighted by molar-refractivity contribution is 0.0195. The first-order valence-electron chi connectivity index (χ1n) is 6.98. The number of nitrogens with one attached hydrogen (secondary N) is 1. The van der Waals surface area contributed by atoms with Gasteiger partial charge in [-0.05, 0) is 27.7 Å². The standard InChI is InChI=1S/C14H24N4O2/c1-10-11(8-17(5)16-10)12-9-18(7-6-15-12)13(19)20-14(2,3)4/h8,12,15H,6-7,9H2,1-5H3. The fraction of sp³-hybridized carbons (Fsp3) is 0.714. The van der Waals surface area contributed by atoms with Crippen molar-refractivity contribution in [3.63, 3.8) is 0 Å². The number of carbonyl (C=O) groups is 1. The summed E-state index contributed by atoms with van der Waals surface area (Å²) >= 11 is 0. The lowest BCUT2D eigenvalue weighted by Gasteiger charge is -2.34. The number of rotatable bonds is 1. The van der Waals surface area contributed by atoms with Crippen LogP contribution in [0.3, 0.4) is 0 Å². The van der Waals surface area contributed by atoms with Gasteiger partial charge in [-0.2, -0.15) is 5.10 Å². The van der Waals surface area contributed by atoms with E-state index in [1.807, 2.05) is 40.9 Å². The zero-order valence-corrected chi connectivity index (χ0v) is 12.9. The number of ether oxygens (including phenoxy) is 1. The van der Waals surface area contributed by atoms with E-state index in [0.717, 1.165) is 17.8 Å². The zero-order valence-electron chi connectivity index (χ0n) is 12.9. The maximum absolute atomic E-state index is 12.1. The summed E-state index contributed by atoms with van der Waals surface area (Å²) < 4.78 is 7.24. The molecule has 0 radical (unpaired) electrons. The third-order valence-corrected chi connectivity index (χ3v) is 3.25. The molecule has 0 aliphatic carbocycles. The third kappa shape index (κ3) is 3.50. The van der Waals surface area contributed by atoms with Crippen LogP contribution in [0, 0.1) is 6.92 Å². The molecule has 1 fully saturated rings. The molecule has 1 aliphatic heterocycles. The molecule has 1 saturated heterocycles. The lowest BCUT2D eigenvalue weighted by Crippen LogP contribution is -2.49. The first kappa shape index (κ1) is 14.8. The highest BCUT2D eigenvalue weighted by Crippen LogP contribution is 2.21. The van der Waals surface area contributed by atoms with E-state index in [4.69, 9.17) is 4.74 Å². The molecule has 112 valence electrons. The van der Waals surface area contributed by atoms with E-state index in [1.165, 1.54) is 0 Å². The predicted octanol–water partition coefficient (Wildman–Crippen LogP) is 1.61. The van der Waals surface area contributed by atoms with E-state index in [-0.39, 0.29) is 12.1 Å². The van der Waals surface area contributed by atoms with Gasteiger partial charge in [-0.1, -0.05) is 0 Å². The molecule has 2 rings (SSSR count). The molecule has 1 N–H and O–H groups in total. The Bertz CT molecular complexity index is 490. The van der Waals surface area contributed by atoms with E-state index >= 15 is 0 Å². The number of amides is 1. The van der Waals surface area contributed by atoms with Crippen molar-refractivity contribution in [3.05, 3.63) is 17.5 Å². The third-order valence-electron chi connectivity index (χ3n) is 3.25. The van der Waals surface area contributed by atoms with Gasteiger partial charge >= 0.3 is 6.09 Å². The highest BCUT2D eigenvalue weighted by atomic mass is 16.6. The molecule has 0 bridgehead atoms. The number of hydrogen-bond donors (Lipinski definition) is 1. The molecule has 6 nitrogen and oxygen atoms in total. The van der Waals surface area contributed by atoms with Crippen molar-refractivity contribution in [2.45, 2.75) is 39.3 Å². The Labute approximate surface area is 120 Å². The Balaban J connectivity index is 2.05. The molecule has 1 amide bonds. The van der Waals surface area contributed by atoms with E-state index in [0.29, 0.717) is 13.1 Å². The van der Waals surface area contributed by atoms with Crippen molar-refractivity contribution in [1.29, 1.82) is 0 Å². The van der Waals surface area contributed by atoms with Gasteiger partial charge in [0, 0.05) is 38.4 Å². The number of nitrogens with zero attached hydrogens (tertiary/aromatic N) is 3.